The second kappa shape index (κ2) is 4.88. The zero-order valence-corrected chi connectivity index (χ0v) is 11.3. The van der Waals surface area contributed by atoms with Gasteiger partial charge in [-0.05, 0) is 19.1 Å². The fourth-order valence-corrected chi connectivity index (χ4v) is 2.14. The third kappa shape index (κ3) is 2.32. The molecular weight excluding hydrogens is 258 g/mol. The van der Waals surface area contributed by atoms with E-state index in [-0.39, 0.29) is 5.91 Å². The van der Waals surface area contributed by atoms with Gasteiger partial charge in [0, 0.05) is 30.6 Å². The molecule has 6 heteroatoms. The van der Waals surface area contributed by atoms with Crippen molar-refractivity contribution in [1.82, 2.24) is 9.78 Å². The first-order valence-electron chi connectivity index (χ1n) is 6.35. The van der Waals surface area contributed by atoms with Crippen LogP contribution in [0.1, 0.15) is 16.1 Å². The van der Waals surface area contributed by atoms with Gasteiger partial charge >= 0.3 is 0 Å². The molecule has 104 valence electrons. The fourth-order valence-electron chi connectivity index (χ4n) is 2.14. The summed E-state index contributed by atoms with van der Waals surface area (Å²) in [5.74, 6) is 1.11. The van der Waals surface area contributed by atoms with E-state index >= 15 is 0 Å². The predicted octanol–water partition coefficient (Wildman–Crippen LogP) is 1.75. The van der Waals surface area contributed by atoms with Crippen molar-refractivity contribution >= 4 is 11.6 Å². The number of aryl methyl sites for hydroxylation is 2. The van der Waals surface area contributed by atoms with Crippen molar-refractivity contribution in [2.75, 3.05) is 18.5 Å². The van der Waals surface area contributed by atoms with E-state index in [1.165, 1.54) is 0 Å². The van der Waals surface area contributed by atoms with Gasteiger partial charge in [-0.3, -0.25) is 9.48 Å². The lowest BCUT2D eigenvalue weighted by Crippen LogP contribution is -2.17. The molecule has 1 aromatic heterocycles. The summed E-state index contributed by atoms with van der Waals surface area (Å²) in [6, 6.07) is 5.32. The van der Waals surface area contributed by atoms with Crippen LogP contribution in [-0.4, -0.2) is 28.9 Å². The largest absolute Gasteiger partial charge is 0.486 e. The molecule has 0 radical (unpaired) electrons. The molecule has 1 N–H and O–H groups in total. The zero-order chi connectivity index (χ0) is 14.1. The molecule has 1 aromatic carbocycles. The summed E-state index contributed by atoms with van der Waals surface area (Å²) in [7, 11) is 1.79. The SMILES string of the molecule is Cc1cn(C)nc1C(=O)Nc1ccc2c(c1)OCCO2. The van der Waals surface area contributed by atoms with Gasteiger partial charge in [-0.2, -0.15) is 5.10 Å². The summed E-state index contributed by atoms with van der Waals surface area (Å²) in [6.45, 7) is 2.92. The maximum atomic E-state index is 12.2. The third-order valence-corrected chi connectivity index (χ3v) is 3.03. The van der Waals surface area contributed by atoms with E-state index in [0.717, 1.165) is 5.56 Å². The van der Waals surface area contributed by atoms with Gasteiger partial charge in [0.25, 0.3) is 5.91 Å². The summed E-state index contributed by atoms with van der Waals surface area (Å²) >= 11 is 0. The van der Waals surface area contributed by atoms with Crippen LogP contribution < -0.4 is 14.8 Å². The minimum atomic E-state index is -0.236. The molecule has 0 saturated heterocycles. The highest BCUT2D eigenvalue weighted by molar-refractivity contribution is 6.03. The van der Waals surface area contributed by atoms with Gasteiger partial charge in [-0.25, -0.2) is 0 Å². The molecule has 0 spiro atoms. The number of anilines is 1. The molecule has 2 heterocycles. The lowest BCUT2D eigenvalue weighted by Gasteiger charge is -2.18. The summed E-state index contributed by atoms with van der Waals surface area (Å²) in [5, 5.41) is 6.95. The third-order valence-electron chi connectivity index (χ3n) is 3.03. The topological polar surface area (TPSA) is 65.4 Å². The maximum absolute atomic E-state index is 12.2. The highest BCUT2D eigenvalue weighted by Crippen LogP contribution is 2.32. The number of nitrogens with zero attached hydrogens (tertiary/aromatic N) is 2. The number of ether oxygens (including phenoxy) is 2. The molecule has 20 heavy (non-hydrogen) atoms. The van der Waals surface area contributed by atoms with Gasteiger partial charge in [0.15, 0.2) is 17.2 Å². The fraction of sp³-hybridized carbons (Fsp3) is 0.286. The first-order valence-corrected chi connectivity index (χ1v) is 6.35. The lowest BCUT2D eigenvalue weighted by molar-refractivity contribution is 0.102. The van der Waals surface area contributed by atoms with Gasteiger partial charge in [0.2, 0.25) is 0 Å². The average Bonchev–Trinajstić information content (AvgIpc) is 2.78. The smallest absolute Gasteiger partial charge is 0.276 e. The monoisotopic (exact) mass is 273 g/mol. The number of hydrogen-bond acceptors (Lipinski definition) is 4. The molecule has 6 nitrogen and oxygen atoms in total. The van der Waals surface area contributed by atoms with Crippen LogP contribution in [0.4, 0.5) is 5.69 Å². The standard InChI is InChI=1S/C14H15N3O3/c1-9-8-17(2)16-13(9)14(18)15-10-3-4-11-12(7-10)20-6-5-19-11/h3-4,7-8H,5-6H2,1-2H3,(H,15,18). The number of benzene rings is 1. The van der Waals surface area contributed by atoms with E-state index in [1.54, 1.807) is 36.1 Å². The van der Waals surface area contributed by atoms with E-state index < -0.39 is 0 Å². The van der Waals surface area contributed by atoms with Gasteiger partial charge in [-0.15, -0.1) is 0 Å². The summed E-state index contributed by atoms with van der Waals surface area (Å²) in [4.78, 5) is 12.2. The van der Waals surface area contributed by atoms with Crippen molar-refractivity contribution in [3.63, 3.8) is 0 Å². The second-order valence-corrected chi connectivity index (χ2v) is 4.65. The van der Waals surface area contributed by atoms with E-state index in [0.29, 0.717) is 36.1 Å². The summed E-state index contributed by atoms with van der Waals surface area (Å²) in [5.41, 5.74) is 1.91. The van der Waals surface area contributed by atoms with Crippen LogP contribution in [0.25, 0.3) is 0 Å². The minimum Gasteiger partial charge on any atom is -0.486 e. The van der Waals surface area contributed by atoms with E-state index in [2.05, 4.69) is 10.4 Å². The zero-order valence-electron chi connectivity index (χ0n) is 11.3. The Morgan fingerprint density at radius 2 is 2.05 bits per heavy atom. The second-order valence-electron chi connectivity index (χ2n) is 4.65. The Bertz CT molecular complexity index is 664. The molecule has 0 saturated carbocycles. The van der Waals surface area contributed by atoms with Gasteiger partial charge in [0.05, 0.1) is 0 Å². The minimum absolute atomic E-state index is 0.236. The molecular formula is C14H15N3O3. The number of hydrogen-bond donors (Lipinski definition) is 1. The van der Waals surface area contributed by atoms with Crippen molar-refractivity contribution in [3.05, 3.63) is 35.7 Å². The number of aromatic nitrogens is 2. The Hall–Kier alpha value is -2.50. The number of nitrogens with one attached hydrogen (secondary N) is 1. The normalized spacial score (nSPS) is 13.1. The van der Waals surface area contributed by atoms with Crippen LogP contribution in [0.3, 0.4) is 0 Å². The predicted molar refractivity (Wildman–Crippen MR) is 73.3 cm³/mol. The van der Waals surface area contributed by atoms with Crippen molar-refractivity contribution in [1.29, 1.82) is 0 Å². The number of fused-ring (bicyclic) bond motifs is 1. The average molecular weight is 273 g/mol. The number of carbonyl (C=O) groups excluding carboxylic acids is 1. The molecule has 0 aliphatic carbocycles. The highest BCUT2D eigenvalue weighted by atomic mass is 16.6. The molecule has 3 rings (SSSR count). The Morgan fingerprint density at radius 1 is 1.30 bits per heavy atom. The van der Waals surface area contributed by atoms with Crippen molar-refractivity contribution < 1.29 is 14.3 Å². The quantitative estimate of drug-likeness (QED) is 0.905. The Labute approximate surface area is 116 Å². The van der Waals surface area contributed by atoms with Crippen LogP contribution in [0, 0.1) is 6.92 Å². The Morgan fingerprint density at radius 3 is 2.75 bits per heavy atom. The first kappa shape index (κ1) is 12.5. The van der Waals surface area contributed by atoms with Gasteiger partial charge < -0.3 is 14.8 Å². The summed E-state index contributed by atoms with van der Waals surface area (Å²) in [6.07, 6.45) is 1.80. The number of amides is 1. The Balaban J connectivity index is 1.81. The molecule has 2 aromatic rings. The molecule has 1 aliphatic rings. The molecule has 1 amide bonds. The van der Waals surface area contributed by atoms with Crippen LogP contribution in [-0.2, 0) is 7.05 Å². The van der Waals surface area contributed by atoms with Crippen molar-refractivity contribution in [2.45, 2.75) is 6.92 Å². The van der Waals surface area contributed by atoms with Crippen molar-refractivity contribution in [2.24, 2.45) is 7.05 Å². The molecule has 0 fully saturated rings. The van der Waals surface area contributed by atoms with E-state index in [9.17, 15) is 4.79 Å². The van der Waals surface area contributed by atoms with Crippen LogP contribution in [0.2, 0.25) is 0 Å². The lowest BCUT2D eigenvalue weighted by atomic mass is 10.2. The molecule has 0 bridgehead atoms. The van der Waals surface area contributed by atoms with Crippen LogP contribution in [0.5, 0.6) is 11.5 Å². The first-order chi connectivity index (χ1) is 9.63. The number of rotatable bonds is 2. The maximum Gasteiger partial charge on any atom is 0.276 e. The molecule has 0 atom stereocenters. The van der Waals surface area contributed by atoms with Crippen molar-refractivity contribution in [3.8, 4) is 11.5 Å². The van der Waals surface area contributed by atoms with Crippen LogP contribution in [0.15, 0.2) is 24.4 Å². The molecule has 1 aliphatic heterocycles. The van der Waals surface area contributed by atoms with Crippen LogP contribution >= 0.6 is 0 Å². The van der Waals surface area contributed by atoms with E-state index in [4.69, 9.17) is 9.47 Å². The summed E-state index contributed by atoms with van der Waals surface area (Å²) < 4.78 is 12.5. The molecule has 0 unspecified atom stereocenters. The van der Waals surface area contributed by atoms with Gasteiger partial charge in [0.1, 0.15) is 13.2 Å². The number of carbonyl (C=O) groups is 1. The highest BCUT2D eigenvalue weighted by Gasteiger charge is 2.16. The Kier molecular flexibility index (Phi) is 3.06. The van der Waals surface area contributed by atoms with Gasteiger partial charge in [-0.1, -0.05) is 0 Å². The van der Waals surface area contributed by atoms with E-state index in [1.807, 2.05) is 6.92 Å².